The Hall–Kier alpha value is -2.39. The van der Waals surface area contributed by atoms with Crippen molar-refractivity contribution < 1.29 is 17.9 Å². The zero-order chi connectivity index (χ0) is 18.0. The first-order chi connectivity index (χ1) is 12.0. The number of fused-ring (bicyclic) bond motifs is 1. The summed E-state index contributed by atoms with van der Waals surface area (Å²) in [5.41, 5.74) is 0.756. The fourth-order valence-corrected chi connectivity index (χ4v) is 4.40. The average Bonchev–Trinajstić information content (AvgIpc) is 3.10. The summed E-state index contributed by atoms with van der Waals surface area (Å²) in [5.74, 6) is 0.317. The van der Waals surface area contributed by atoms with Crippen molar-refractivity contribution in [2.75, 3.05) is 20.7 Å². The quantitative estimate of drug-likeness (QED) is 0.846. The van der Waals surface area contributed by atoms with Crippen molar-refractivity contribution in [3.05, 3.63) is 42.2 Å². The third-order valence-electron chi connectivity index (χ3n) is 4.23. The number of sulfonamides is 1. The van der Waals surface area contributed by atoms with Gasteiger partial charge in [-0.1, -0.05) is 6.07 Å². The Balaban J connectivity index is 1.93. The Kier molecular flexibility index (Phi) is 4.78. The molecule has 1 aliphatic rings. The number of hydrogen-bond donors (Lipinski definition) is 1. The number of ether oxygens (including phenoxy) is 1. The molecule has 1 atom stereocenters. The van der Waals surface area contributed by atoms with E-state index >= 15 is 0 Å². The lowest BCUT2D eigenvalue weighted by atomic mass is 10.1. The number of hydrogen-bond acceptors (Lipinski definition) is 5. The zero-order valence-electron chi connectivity index (χ0n) is 14.0. The molecule has 2 aromatic rings. The van der Waals surface area contributed by atoms with Gasteiger partial charge in [-0.15, -0.1) is 0 Å². The van der Waals surface area contributed by atoms with E-state index in [0.29, 0.717) is 5.75 Å². The Bertz CT molecular complexity index is 878. The fourth-order valence-electron chi connectivity index (χ4n) is 2.91. The summed E-state index contributed by atoms with van der Waals surface area (Å²) in [6, 6.07) is 7.79. The largest absolute Gasteiger partial charge is 0.497 e. The van der Waals surface area contributed by atoms with Crippen molar-refractivity contribution in [2.24, 2.45) is 0 Å². The molecule has 0 spiro atoms. The number of methoxy groups -OCH3 is 1. The van der Waals surface area contributed by atoms with Gasteiger partial charge in [0, 0.05) is 25.9 Å². The van der Waals surface area contributed by atoms with Crippen molar-refractivity contribution in [3.63, 3.8) is 0 Å². The molecular weight excluding hydrogens is 344 g/mol. The predicted octanol–water partition coefficient (Wildman–Crippen LogP) is 0.773. The molecular formula is C16H20N4O4S. The van der Waals surface area contributed by atoms with Gasteiger partial charge in [-0.05, 0) is 18.2 Å². The second kappa shape index (κ2) is 6.85. The standard InChI is InChI=1S/C16H20N4O4S/c1-17-16(21)8-13-11-19(10-12-6-7-18-20(12)13)25(22,23)15-5-3-4-14(9-15)24-2/h3-7,9,13H,8,10-11H2,1-2H3,(H,17,21). The first-order valence-corrected chi connectivity index (χ1v) is 9.27. The van der Waals surface area contributed by atoms with E-state index in [1.807, 2.05) is 0 Å². The predicted molar refractivity (Wildman–Crippen MR) is 90.5 cm³/mol. The van der Waals surface area contributed by atoms with Gasteiger partial charge >= 0.3 is 0 Å². The van der Waals surface area contributed by atoms with Crippen molar-refractivity contribution >= 4 is 15.9 Å². The molecule has 8 nitrogen and oxygen atoms in total. The van der Waals surface area contributed by atoms with Crippen molar-refractivity contribution in [2.45, 2.75) is 23.9 Å². The molecule has 3 rings (SSSR count). The SMILES string of the molecule is CNC(=O)CC1CN(S(=O)(=O)c2cccc(OC)c2)Cc2ccnn21. The van der Waals surface area contributed by atoms with E-state index in [1.54, 1.807) is 36.1 Å². The van der Waals surface area contributed by atoms with Crippen molar-refractivity contribution in [3.8, 4) is 5.75 Å². The van der Waals surface area contributed by atoms with Crippen LogP contribution in [-0.2, 0) is 21.4 Å². The number of amides is 1. The minimum Gasteiger partial charge on any atom is -0.497 e. The van der Waals surface area contributed by atoms with Gasteiger partial charge in [-0.2, -0.15) is 9.40 Å². The lowest BCUT2D eigenvalue weighted by Gasteiger charge is -2.32. The highest BCUT2D eigenvalue weighted by Gasteiger charge is 2.34. The minimum atomic E-state index is -3.71. The Morgan fingerprint density at radius 2 is 2.20 bits per heavy atom. The van der Waals surface area contributed by atoms with Crippen LogP contribution in [0.5, 0.6) is 5.75 Å². The number of nitrogens with zero attached hydrogens (tertiary/aromatic N) is 3. The summed E-state index contributed by atoms with van der Waals surface area (Å²) in [6.45, 7) is 0.394. The molecule has 1 aromatic carbocycles. The van der Waals surface area contributed by atoms with E-state index in [9.17, 15) is 13.2 Å². The summed E-state index contributed by atoms with van der Waals surface area (Å²) >= 11 is 0. The summed E-state index contributed by atoms with van der Waals surface area (Å²) in [7, 11) is -0.664. The Labute approximate surface area is 146 Å². The first kappa shape index (κ1) is 17.4. The summed E-state index contributed by atoms with van der Waals surface area (Å²) < 4.78 is 34.3. The van der Waals surface area contributed by atoms with Crippen LogP contribution >= 0.6 is 0 Å². The lowest BCUT2D eigenvalue weighted by Crippen LogP contribution is -2.42. The molecule has 1 unspecified atom stereocenters. The van der Waals surface area contributed by atoms with Crippen LogP contribution in [0.2, 0.25) is 0 Å². The van der Waals surface area contributed by atoms with E-state index < -0.39 is 10.0 Å². The first-order valence-electron chi connectivity index (χ1n) is 7.83. The third-order valence-corrected chi connectivity index (χ3v) is 6.04. The molecule has 0 fully saturated rings. The highest BCUT2D eigenvalue weighted by Crippen LogP contribution is 2.29. The van der Waals surface area contributed by atoms with Gasteiger partial charge in [0.2, 0.25) is 15.9 Å². The lowest BCUT2D eigenvalue weighted by molar-refractivity contribution is -0.121. The van der Waals surface area contributed by atoms with Crippen LogP contribution in [0.3, 0.4) is 0 Å². The maximum atomic E-state index is 13.0. The van der Waals surface area contributed by atoms with Crippen LogP contribution < -0.4 is 10.1 Å². The molecule has 25 heavy (non-hydrogen) atoms. The van der Waals surface area contributed by atoms with E-state index in [4.69, 9.17) is 4.74 Å². The van der Waals surface area contributed by atoms with Gasteiger partial charge in [-0.3, -0.25) is 9.48 Å². The van der Waals surface area contributed by atoms with Crippen molar-refractivity contribution in [1.82, 2.24) is 19.4 Å². The number of aromatic nitrogens is 2. The van der Waals surface area contributed by atoms with E-state index in [1.165, 1.54) is 23.5 Å². The number of carbonyl (C=O) groups is 1. The molecule has 1 aliphatic heterocycles. The maximum absolute atomic E-state index is 13.0. The normalized spacial score (nSPS) is 17.8. The molecule has 0 radical (unpaired) electrons. The second-order valence-electron chi connectivity index (χ2n) is 5.77. The Morgan fingerprint density at radius 1 is 1.40 bits per heavy atom. The highest BCUT2D eigenvalue weighted by atomic mass is 32.2. The van der Waals surface area contributed by atoms with Gasteiger partial charge in [0.15, 0.2) is 0 Å². The van der Waals surface area contributed by atoms with Gasteiger partial charge in [-0.25, -0.2) is 8.42 Å². The number of benzene rings is 1. The van der Waals surface area contributed by atoms with Gasteiger partial charge in [0.05, 0.1) is 36.7 Å². The van der Waals surface area contributed by atoms with E-state index in [2.05, 4.69) is 10.4 Å². The smallest absolute Gasteiger partial charge is 0.243 e. The van der Waals surface area contributed by atoms with E-state index in [0.717, 1.165) is 5.69 Å². The Morgan fingerprint density at radius 3 is 2.92 bits per heavy atom. The molecule has 9 heteroatoms. The number of nitrogens with one attached hydrogen (secondary N) is 1. The average molecular weight is 364 g/mol. The van der Waals surface area contributed by atoms with Gasteiger partial charge < -0.3 is 10.1 Å². The third kappa shape index (κ3) is 3.38. The van der Waals surface area contributed by atoms with E-state index in [-0.39, 0.29) is 36.4 Å². The van der Waals surface area contributed by atoms with Gasteiger partial charge in [0.25, 0.3) is 0 Å². The molecule has 134 valence electrons. The van der Waals surface area contributed by atoms with Gasteiger partial charge in [0.1, 0.15) is 5.75 Å². The van der Waals surface area contributed by atoms with Crippen LogP contribution in [0.4, 0.5) is 0 Å². The molecule has 2 heterocycles. The molecule has 1 amide bonds. The molecule has 0 saturated heterocycles. The molecule has 1 aromatic heterocycles. The van der Waals surface area contributed by atoms with Crippen LogP contribution in [0.25, 0.3) is 0 Å². The molecule has 0 aliphatic carbocycles. The molecule has 0 bridgehead atoms. The monoisotopic (exact) mass is 364 g/mol. The van der Waals surface area contributed by atoms with Crippen LogP contribution in [-0.4, -0.2) is 49.1 Å². The highest BCUT2D eigenvalue weighted by molar-refractivity contribution is 7.89. The summed E-state index contributed by atoms with van der Waals surface area (Å²) in [6.07, 6.45) is 1.78. The van der Waals surface area contributed by atoms with Crippen molar-refractivity contribution in [1.29, 1.82) is 0 Å². The van der Waals surface area contributed by atoms with Crippen LogP contribution in [0, 0.1) is 0 Å². The minimum absolute atomic E-state index is 0.160. The fraction of sp³-hybridized carbons (Fsp3) is 0.375. The van der Waals surface area contributed by atoms with Crippen LogP contribution in [0.15, 0.2) is 41.4 Å². The molecule has 0 saturated carbocycles. The number of rotatable bonds is 5. The second-order valence-corrected chi connectivity index (χ2v) is 7.71. The maximum Gasteiger partial charge on any atom is 0.243 e. The topological polar surface area (TPSA) is 93.5 Å². The van der Waals surface area contributed by atoms with Crippen LogP contribution in [0.1, 0.15) is 18.2 Å². The summed E-state index contributed by atoms with van der Waals surface area (Å²) in [4.78, 5) is 12.0. The molecule has 1 N–H and O–H groups in total. The number of carbonyl (C=O) groups excluding carboxylic acids is 1. The zero-order valence-corrected chi connectivity index (χ0v) is 14.9. The summed E-state index contributed by atoms with van der Waals surface area (Å²) in [5, 5.41) is 6.81.